The van der Waals surface area contributed by atoms with Gasteiger partial charge >= 0.3 is 0 Å². The summed E-state index contributed by atoms with van der Waals surface area (Å²) in [5.41, 5.74) is 2.70. The van der Waals surface area contributed by atoms with E-state index in [-0.39, 0.29) is 5.56 Å². The summed E-state index contributed by atoms with van der Waals surface area (Å²) in [4.78, 5) is 17.4. The maximum absolute atomic E-state index is 14.0. The summed E-state index contributed by atoms with van der Waals surface area (Å²) in [5.74, 6) is -0.352. The molecule has 2 heterocycles. The maximum atomic E-state index is 14.0. The number of aromatic nitrogens is 3. The van der Waals surface area contributed by atoms with Gasteiger partial charge in [-0.25, -0.2) is 14.1 Å². The molecule has 2 aromatic heterocycles. The standard InChI is InChI=1S/C22H21FN4O/c1-13(2)12-27-21-17(11-15-9-8-14(3)10-19(15)24-21)20(26-27)25-22(28)16-6-4-5-7-18(16)23/h4-11,13H,12H2,1-3H3,(H,25,26,28). The number of amides is 1. The fourth-order valence-corrected chi connectivity index (χ4v) is 3.25. The normalized spacial score (nSPS) is 11.5. The van der Waals surface area contributed by atoms with Crippen molar-refractivity contribution in [2.24, 2.45) is 5.92 Å². The number of pyridine rings is 1. The van der Waals surface area contributed by atoms with Crippen molar-refractivity contribution in [1.82, 2.24) is 14.8 Å². The number of rotatable bonds is 4. The van der Waals surface area contributed by atoms with Gasteiger partial charge in [0, 0.05) is 11.9 Å². The summed E-state index contributed by atoms with van der Waals surface area (Å²) in [5, 5.41) is 9.03. The lowest BCUT2D eigenvalue weighted by molar-refractivity contribution is 0.102. The molecule has 0 aliphatic heterocycles. The Labute approximate surface area is 162 Å². The summed E-state index contributed by atoms with van der Waals surface area (Å²) in [6.07, 6.45) is 0. The maximum Gasteiger partial charge on any atom is 0.259 e. The average molecular weight is 376 g/mol. The highest BCUT2D eigenvalue weighted by Gasteiger charge is 2.18. The van der Waals surface area contributed by atoms with Gasteiger partial charge in [-0.05, 0) is 42.7 Å². The molecule has 0 unspecified atom stereocenters. The van der Waals surface area contributed by atoms with Crippen molar-refractivity contribution >= 4 is 33.7 Å². The molecule has 0 saturated carbocycles. The second-order valence-corrected chi connectivity index (χ2v) is 7.41. The number of nitrogens with one attached hydrogen (secondary N) is 1. The first kappa shape index (κ1) is 18.1. The van der Waals surface area contributed by atoms with E-state index in [2.05, 4.69) is 24.3 Å². The van der Waals surface area contributed by atoms with Crippen molar-refractivity contribution in [1.29, 1.82) is 0 Å². The van der Waals surface area contributed by atoms with E-state index in [1.807, 2.05) is 31.2 Å². The minimum absolute atomic E-state index is 0.0153. The Kier molecular flexibility index (Phi) is 4.55. The van der Waals surface area contributed by atoms with Crippen molar-refractivity contribution in [3.63, 3.8) is 0 Å². The Morgan fingerprint density at radius 2 is 1.96 bits per heavy atom. The Balaban J connectivity index is 1.84. The topological polar surface area (TPSA) is 59.8 Å². The average Bonchev–Trinajstić information content (AvgIpc) is 2.96. The zero-order valence-electron chi connectivity index (χ0n) is 16.0. The van der Waals surface area contributed by atoms with Crippen LogP contribution in [0.1, 0.15) is 29.8 Å². The molecule has 28 heavy (non-hydrogen) atoms. The molecule has 0 aliphatic carbocycles. The second-order valence-electron chi connectivity index (χ2n) is 7.41. The van der Waals surface area contributed by atoms with E-state index in [0.29, 0.717) is 23.9 Å². The number of fused-ring (bicyclic) bond motifs is 2. The number of aryl methyl sites for hydroxylation is 1. The molecule has 0 saturated heterocycles. The number of hydrogen-bond acceptors (Lipinski definition) is 3. The van der Waals surface area contributed by atoms with Gasteiger partial charge in [0.05, 0.1) is 16.5 Å². The van der Waals surface area contributed by atoms with Crippen molar-refractivity contribution in [3.8, 4) is 0 Å². The van der Waals surface area contributed by atoms with Crippen LogP contribution in [0.3, 0.4) is 0 Å². The lowest BCUT2D eigenvalue weighted by atomic mass is 10.1. The highest BCUT2D eigenvalue weighted by atomic mass is 19.1. The van der Waals surface area contributed by atoms with Gasteiger partial charge in [-0.1, -0.05) is 38.1 Å². The van der Waals surface area contributed by atoms with E-state index in [9.17, 15) is 9.18 Å². The van der Waals surface area contributed by atoms with Crippen LogP contribution in [0.25, 0.3) is 21.9 Å². The molecule has 0 radical (unpaired) electrons. The van der Waals surface area contributed by atoms with Gasteiger partial charge in [0.15, 0.2) is 11.5 Å². The summed E-state index contributed by atoms with van der Waals surface area (Å²) in [6.45, 7) is 6.87. The molecule has 0 fully saturated rings. The molecule has 0 spiro atoms. The number of carbonyl (C=O) groups excluding carboxylic acids is 1. The van der Waals surface area contributed by atoms with Crippen LogP contribution >= 0.6 is 0 Å². The third kappa shape index (κ3) is 3.33. The Hall–Kier alpha value is -3.28. The van der Waals surface area contributed by atoms with E-state index >= 15 is 0 Å². The molecule has 0 bridgehead atoms. The van der Waals surface area contributed by atoms with E-state index in [0.717, 1.165) is 21.9 Å². The van der Waals surface area contributed by atoms with Crippen LogP contribution in [0.2, 0.25) is 0 Å². The molecular formula is C22H21FN4O. The van der Waals surface area contributed by atoms with Crippen molar-refractivity contribution in [2.75, 3.05) is 5.32 Å². The van der Waals surface area contributed by atoms with Gasteiger partial charge in [0.1, 0.15) is 5.82 Å². The summed E-state index contributed by atoms with van der Waals surface area (Å²) < 4.78 is 15.8. The van der Waals surface area contributed by atoms with Gasteiger partial charge in [-0.15, -0.1) is 0 Å². The number of hydrogen-bond donors (Lipinski definition) is 1. The molecule has 4 aromatic rings. The molecule has 5 nitrogen and oxygen atoms in total. The Morgan fingerprint density at radius 3 is 2.71 bits per heavy atom. The molecule has 0 aliphatic rings. The predicted octanol–water partition coefficient (Wildman–Crippen LogP) is 4.94. The van der Waals surface area contributed by atoms with Crippen LogP contribution in [0.4, 0.5) is 10.2 Å². The molecule has 1 amide bonds. The highest BCUT2D eigenvalue weighted by Crippen LogP contribution is 2.27. The lowest BCUT2D eigenvalue weighted by Gasteiger charge is -2.06. The Bertz CT molecular complexity index is 1200. The zero-order chi connectivity index (χ0) is 19.8. The zero-order valence-corrected chi connectivity index (χ0v) is 16.0. The lowest BCUT2D eigenvalue weighted by Crippen LogP contribution is -2.15. The molecule has 2 aromatic carbocycles. The van der Waals surface area contributed by atoms with Gasteiger partial charge < -0.3 is 5.32 Å². The Morgan fingerprint density at radius 1 is 1.18 bits per heavy atom. The fourth-order valence-electron chi connectivity index (χ4n) is 3.25. The van der Waals surface area contributed by atoms with Crippen molar-refractivity contribution in [2.45, 2.75) is 27.3 Å². The fraction of sp³-hybridized carbons (Fsp3) is 0.227. The molecular weight excluding hydrogens is 355 g/mol. The first-order valence-electron chi connectivity index (χ1n) is 9.26. The monoisotopic (exact) mass is 376 g/mol. The number of carbonyl (C=O) groups is 1. The van der Waals surface area contributed by atoms with E-state index in [4.69, 9.17) is 4.98 Å². The quantitative estimate of drug-likeness (QED) is 0.549. The largest absolute Gasteiger partial charge is 0.304 e. The van der Waals surface area contributed by atoms with Crippen LogP contribution in [-0.2, 0) is 6.54 Å². The first-order chi connectivity index (χ1) is 13.4. The third-order valence-corrected chi connectivity index (χ3v) is 4.56. The van der Waals surface area contributed by atoms with Crippen LogP contribution in [-0.4, -0.2) is 20.7 Å². The van der Waals surface area contributed by atoms with Crippen LogP contribution in [0.5, 0.6) is 0 Å². The molecule has 142 valence electrons. The SMILES string of the molecule is Cc1ccc2cc3c(NC(=O)c4ccccc4F)nn(CC(C)C)c3nc2c1. The van der Waals surface area contributed by atoms with Crippen LogP contribution < -0.4 is 5.32 Å². The molecule has 1 N–H and O–H groups in total. The predicted molar refractivity (Wildman–Crippen MR) is 109 cm³/mol. The van der Waals surface area contributed by atoms with Gasteiger partial charge in [-0.2, -0.15) is 5.10 Å². The van der Waals surface area contributed by atoms with Crippen molar-refractivity contribution in [3.05, 3.63) is 65.5 Å². The van der Waals surface area contributed by atoms with Crippen LogP contribution in [0.15, 0.2) is 48.5 Å². The summed E-state index contributed by atoms with van der Waals surface area (Å²) >= 11 is 0. The number of nitrogens with zero attached hydrogens (tertiary/aromatic N) is 3. The minimum atomic E-state index is -0.565. The second kappa shape index (κ2) is 7.03. The van der Waals surface area contributed by atoms with E-state index in [1.165, 1.54) is 12.1 Å². The number of halogens is 1. The van der Waals surface area contributed by atoms with Crippen molar-refractivity contribution < 1.29 is 9.18 Å². The smallest absolute Gasteiger partial charge is 0.259 e. The van der Waals surface area contributed by atoms with Gasteiger partial charge in [-0.3, -0.25) is 4.79 Å². The summed E-state index contributed by atoms with van der Waals surface area (Å²) in [7, 11) is 0. The first-order valence-corrected chi connectivity index (χ1v) is 9.26. The van der Waals surface area contributed by atoms with E-state index in [1.54, 1.807) is 16.8 Å². The molecule has 6 heteroatoms. The van der Waals surface area contributed by atoms with Gasteiger partial charge in [0.25, 0.3) is 5.91 Å². The summed E-state index contributed by atoms with van der Waals surface area (Å²) in [6, 6.07) is 13.9. The number of benzene rings is 2. The molecule has 4 rings (SSSR count). The third-order valence-electron chi connectivity index (χ3n) is 4.56. The van der Waals surface area contributed by atoms with E-state index < -0.39 is 11.7 Å². The van der Waals surface area contributed by atoms with Gasteiger partial charge in [0.2, 0.25) is 0 Å². The highest BCUT2D eigenvalue weighted by molar-refractivity contribution is 6.09. The van der Waals surface area contributed by atoms with Crippen LogP contribution in [0, 0.1) is 18.7 Å². The minimum Gasteiger partial charge on any atom is -0.304 e. The molecule has 0 atom stereocenters. The number of anilines is 1.